The van der Waals surface area contributed by atoms with Gasteiger partial charge in [0.2, 0.25) is 5.91 Å². The number of carbonyl (C=O) groups is 3. The summed E-state index contributed by atoms with van der Waals surface area (Å²) in [4.78, 5) is 32.2. The van der Waals surface area contributed by atoms with Gasteiger partial charge in [0.15, 0.2) is 0 Å². The molecule has 96 valence electrons. The first-order chi connectivity index (χ1) is 7.93. The van der Waals surface area contributed by atoms with Crippen molar-refractivity contribution in [1.82, 2.24) is 16.2 Å². The number of urea groups is 1. The number of carbonyl (C=O) groups excluding carboxylic acids is 3. The topological polar surface area (TPSA) is 123 Å². The molecule has 5 N–H and O–H groups in total. The van der Waals surface area contributed by atoms with Crippen molar-refractivity contribution in [2.75, 3.05) is 19.7 Å². The number of hydrazine groups is 1. The SMILES string of the molecule is C=C(C)C(=O)OCCNC(=O)NNCC(N)=O. The molecule has 8 heteroatoms. The van der Waals surface area contributed by atoms with Crippen LogP contribution in [0.2, 0.25) is 0 Å². The highest BCUT2D eigenvalue weighted by molar-refractivity contribution is 5.86. The summed E-state index contributed by atoms with van der Waals surface area (Å²) in [5, 5.41) is 2.38. The number of amides is 3. The summed E-state index contributed by atoms with van der Waals surface area (Å²) in [5.41, 5.74) is 9.57. The van der Waals surface area contributed by atoms with Crippen LogP contribution in [0.15, 0.2) is 12.2 Å². The summed E-state index contributed by atoms with van der Waals surface area (Å²) < 4.78 is 4.72. The average Bonchev–Trinajstić information content (AvgIpc) is 2.23. The largest absolute Gasteiger partial charge is 0.460 e. The molecule has 0 aromatic carbocycles. The molecule has 0 heterocycles. The molecule has 0 aromatic rings. The molecule has 8 nitrogen and oxygen atoms in total. The van der Waals surface area contributed by atoms with Gasteiger partial charge in [-0.05, 0) is 6.92 Å². The van der Waals surface area contributed by atoms with Crippen molar-refractivity contribution in [3.63, 3.8) is 0 Å². The Balaban J connectivity index is 3.48. The van der Waals surface area contributed by atoms with Crippen molar-refractivity contribution in [1.29, 1.82) is 0 Å². The first-order valence-corrected chi connectivity index (χ1v) is 4.81. The van der Waals surface area contributed by atoms with Gasteiger partial charge in [0.1, 0.15) is 6.61 Å². The van der Waals surface area contributed by atoms with Crippen LogP contribution in [0.3, 0.4) is 0 Å². The summed E-state index contributed by atoms with van der Waals surface area (Å²) in [5.74, 6) is -1.11. The highest BCUT2D eigenvalue weighted by atomic mass is 16.5. The summed E-state index contributed by atoms with van der Waals surface area (Å²) >= 11 is 0. The third-order valence-corrected chi connectivity index (χ3v) is 1.43. The van der Waals surface area contributed by atoms with Crippen LogP contribution < -0.4 is 21.9 Å². The number of rotatable bonds is 7. The Morgan fingerprint density at radius 2 is 2.00 bits per heavy atom. The normalized spacial score (nSPS) is 9.24. The van der Waals surface area contributed by atoms with Crippen molar-refractivity contribution in [3.8, 4) is 0 Å². The first kappa shape index (κ1) is 14.9. The summed E-state index contributed by atoms with van der Waals surface area (Å²) in [6.07, 6.45) is 0. The quantitative estimate of drug-likeness (QED) is 0.186. The van der Waals surface area contributed by atoms with Crippen LogP contribution in [0.5, 0.6) is 0 Å². The molecule has 0 aromatic heterocycles. The molecule has 0 aliphatic carbocycles. The second-order valence-corrected chi connectivity index (χ2v) is 3.12. The van der Waals surface area contributed by atoms with Gasteiger partial charge in [0, 0.05) is 5.57 Å². The van der Waals surface area contributed by atoms with E-state index >= 15 is 0 Å². The summed E-state index contributed by atoms with van der Waals surface area (Å²) in [6.45, 7) is 4.93. The average molecular weight is 244 g/mol. The molecule has 0 spiro atoms. The maximum atomic E-state index is 11.0. The fourth-order valence-corrected chi connectivity index (χ4v) is 0.687. The minimum Gasteiger partial charge on any atom is -0.460 e. The summed E-state index contributed by atoms with van der Waals surface area (Å²) in [7, 11) is 0. The Kier molecular flexibility index (Phi) is 7.11. The number of hydrogen-bond acceptors (Lipinski definition) is 5. The highest BCUT2D eigenvalue weighted by Gasteiger charge is 2.03. The zero-order chi connectivity index (χ0) is 13.3. The van der Waals surface area contributed by atoms with E-state index in [1.54, 1.807) is 0 Å². The number of hydrogen-bond donors (Lipinski definition) is 4. The molecule has 17 heavy (non-hydrogen) atoms. The van der Waals surface area contributed by atoms with Crippen molar-refractivity contribution in [2.45, 2.75) is 6.92 Å². The molecule has 3 amide bonds. The zero-order valence-electron chi connectivity index (χ0n) is 9.54. The molecule has 0 radical (unpaired) electrons. The number of esters is 1. The molecule has 0 saturated carbocycles. The van der Waals surface area contributed by atoms with Crippen LogP contribution in [-0.2, 0) is 14.3 Å². The van der Waals surface area contributed by atoms with Gasteiger partial charge >= 0.3 is 12.0 Å². The van der Waals surface area contributed by atoms with E-state index in [0.717, 1.165) is 0 Å². The predicted octanol–water partition coefficient (Wildman–Crippen LogP) is -1.61. The number of ether oxygens (including phenoxy) is 1. The minimum atomic E-state index is -0.597. The first-order valence-electron chi connectivity index (χ1n) is 4.81. The molecule has 0 unspecified atom stereocenters. The lowest BCUT2D eigenvalue weighted by Crippen LogP contribution is -2.47. The lowest BCUT2D eigenvalue weighted by Gasteiger charge is -2.08. The second kappa shape index (κ2) is 8.11. The van der Waals surface area contributed by atoms with Gasteiger partial charge < -0.3 is 15.8 Å². The van der Waals surface area contributed by atoms with E-state index in [-0.39, 0.29) is 25.3 Å². The van der Waals surface area contributed by atoms with Gasteiger partial charge in [-0.25, -0.2) is 15.0 Å². The van der Waals surface area contributed by atoms with E-state index in [0.29, 0.717) is 0 Å². The van der Waals surface area contributed by atoms with Gasteiger partial charge in [-0.2, -0.15) is 0 Å². The molecule has 0 rings (SSSR count). The fourth-order valence-electron chi connectivity index (χ4n) is 0.687. The van der Waals surface area contributed by atoms with E-state index in [1.807, 2.05) is 0 Å². The lowest BCUT2D eigenvalue weighted by atomic mass is 10.4. The monoisotopic (exact) mass is 244 g/mol. The van der Waals surface area contributed by atoms with Crippen LogP contribution in [0, 0.1) is 0 Å². The number of nitrogens with two attached hydrogens (primary N) is 1. The standard InChI is InChI=1S/C9H16N4O4/c1-6(2)8(15)17-4-3-11-9(16)13-12-5-7(10)14/h12H,1,3-5H2,2H3,(H2,10,14)(H2,11,13,16). The van der Waals surface area contributed by atoms with Crippen LogP contribution in [0.1, 0.15) is 6.92 Å². The third-order valence-electron chi connectivity index (χ3n) is 1.43. The number of primary amides is 1. The van der Waals surface area contributed by atoms with Gasteiger partial charge in [-0.3, -0.25) is 10.2 Å². The summed E-state index contributed by atoms with van der Waals surface area (Å²) in [6, 6.07) is -0.558. The fraction of sp³-hybridized carbons (Fsp3) is 0.444. The molecule has 0 atom stereocenters. The Morgan fingerprint density at radius 3 is 2.53 bits per heavy atom. The Hall–Kier alpha value is -2.09. The van der Waals surface area contributed by atoms with Crippen LogP contribution >= 0.6 is 0 Å². The van der Waals surface area contributed by atoms with Crippen molar-refractivity contribution in [3.05, 3.63) is 12.2 Å². The van der Waals surface area contributed by atoms with Crippen LogP contribution in [-0.4, -0.2) is 37.6 Å². The second-order valence-electron chi connectivity index (χ2n) is 3.12. The third kappa shape index (κ3) is 8.88. The molecular formula is C9H16N4O4. The molecule has 0 bridgehead atoms. The molecular weight excluding hydrogens is 228 g/mol. The van der Waals surface area contributed by atoms with Gasteiger partial charge in [0.05, 0.1) is 13.1 Å². The minimum absolute atomic E-state index is 0.0366. The van der Waals surface area contributed by atoms with E-state index < -0.39 is 17.9 Å². The van der Waals surface area contributed by atoms with Gasteiger partial charge in [-0.1, -0.05) is 6.58 Å². The predicted molar refractivity (Wildman–Crippen MR) is 59.5 cm³/mol. The Bertz CT molecular complexity index is 316. The number of nitrogens with one attached hydrogen (secondary N) is 3. The van der Waals surface area contributed by atoms with E-state index in [1.165, 1.54) is 6.92 Å². The molecule has 0 saturated heterocycles. The van der Waals surface area contributed by atoms with E-state index in [4.69, 9.17) is 10.5 Å². The van der Waals surface area contributed by atoms with E-state index in [2.05, 4.69) is 22.7 Å². The van der Waals surface area contributed by atoms with Gasteiger partial charge in [0.25, 0.3) is 0 Å². The maximum Gasteiger partial charge on any atom is 0.333 e. The molecule has 0 fully saturated rings. The zero-order valence-corrected chi connectivity index (χ0v) is 9.54. The van der Waals surface area contributed by atoms with E-state index in [9.17, 15) is 14.4 Å². The van der Waals surface area contributed by atoms with Crippen molar-refractivity contribution >= 4 is 17.9 Å². The van der Waals surface area contributed by atoms with Crippen molar-refractivity contribution in [2.24, 2.45) is 5.73 Å². The molecule has 0 aliphatic heterocycles. The Morgan fingerprint density at radius 1 is 1.35 bits per heavy atom. The highest BCUT2D eigenvalue weighted by Crippen LogP contribution is 1.90. The van der Waals surface area contributed by atoms with Crippen LogP contribution in [0.4, 0.5) is 4.79 Å². The van der Waals surface area contributed by atoms with Crippen LogP contribution in [0.25, 0.3) is 0 Å². The Labute approximate surface area is 98.5 Å². The van der Waals surface area contributed by atoms with Crippen molar-refractivity contribution < 1.29 is 19.1 Å². The lowest BCUT2D eigenvalue weighted by molar-refractivity contribution is -0.138. The molecule has 0 aliphatic rings. The van der Waals surface area contributed by atoms with Gasteiger partial charge in [-0.15, -0.1) is 0 Å². The smallest absolute Gasteiger partial charge is 0.333 e. The maximum absolute atomic E-state index is 11.0.